The molecule has 2 aliphatic rings. The summed E-state index contributed by atoms with van der Waals surface area (Å²) in [7, 11) is 1.81. The van der Waals surface area contributed by atoms with Gasteiger partial charge in [0.15, 0.2) is 0 Å². The van der Waals surface area contributed by atoms with Crippen molar-refractivity contribution >= 4 is 0 Å². The normalized spacial score (nSPS) is 28.9. The Hall–Kier alpha value is -1.02. The predicted octanol–water partition coefficient (Wildman–Crippen LogP) is 4.40. The van der Waals surface area contributed by atoms with E-state index in [-0.39, 0.29) is 0 Å². The van der Waals surface area contributed by atoms with Crippen molar-refractivity contribution < 1.29 is 4.74 Å². The Bertz CT molecular complexity index is 499. The molecule has 0 aliphatic heterocycles. The van der Waals surface area contributed by atoms with E-state index < -0.39 is 0 Å². The molecule has 1 N–H and O–H groups in total. The molecular weight excluding hydrogens is 258 g/mol. The maximum Gasteiger partial charge on any atom is 0.124 e. The highest BCUT2D eigenvalue weighted by Crippen LogP contribution is 2.61. The summed E-state index contributed by atoms with van der Waals surface area (Å²) in [4.78, 5) is 0. The maximum absolute atomic E-state index is 5.73. The second-order valence-corrected chi connectivity index (χ2v) is 6.92. The van der Waals surface area contributed by atoms with Crippen LogP contribution in [0, 0.1) is 31.6 Å². The van der Waals surface area contributed by atoms with Gasteiger partial charge in [0.1, 0.15) is 5.75 Å². The van der Waals surface area contributed by atoms with E-state index in [1.807, 2.05) is 0 Å². The molecule has 2 nitrogen and oxygen atoms in total. The molecule has 3 atom stereocenters. The van der Waals surface area contributed by atoms with Crippen molar-refractivity contribution in [3.05, 3.63) is 28.8 Å². The fourth-order valence-electron chi connectivity index (χ4n) is 4.70. The molecule has 21 heavy (non-hydrogen) atoms. The third kappa shape index (κ3) is 2.70. The molecule has 2 aliphatic carbocycles. The Morgan fingerprint density at radius 3 is 2.43 bits per heavy atom. The quantitative estimate of drug-likeness (QED) is 0.866. The van der Waals surface area contributed by atoms with Gasteiger partial charge in [0, 0.05) is 11.6 Å². The van der Waals surface area contributed by atoms with Gasteiger partial charge in [0.05, 0.1) is 7.11 Å². The first-order chi connectivity index (χ1) is 10.2. The molecule has 2 heteroatoms. The molecule has 0 bridgehead atoms. The van der Waals surface area contributed by atoms with Crippen LogP contribution in [-0.2, 0) is 0 Å². The van der Waals surface area contributed by atoms with Crippen LogP contribution in [0.15, 0.2) is 12.1 Å². The Kier molecular flexibility index (Phi) is 4.26. The van der Waals surface area contributed by atoms with Gasteiger partial charge < -0.3 is 10.1 Å². The highest BCUT2D eigenvalue weighted by molar-refractivity contribution is 5.46. The lowest BCUT2D eigenvalue weighted by Gasteiger charge is -2.24. The van der Waals surface area contributed by atoms with E-state index in [0.717, 1.165) is 30.0 Å². The van der Waals surface area contributed by atoms with Crippen molar-refractivity contribution in [1.82, 2.24) is 5.32 Å². The molecule has 116 valence electrons. The first-order valence-electron chi connectivity index (χ1n) is 8.55. The zero-order chi connectivity index (χ0) is 15.0. The van der Waals surface area contributed by atoms with Crippen LogP contribution >= 0.6 is 0 Å². The van der Waals surface area contributed by atoms with Gasteiger partial charge in [-0.2, -0.15) is 0 Å². The monoisotopic (exact) mass is 287 g/mol. The van der Waals surface area contributed by atoms with E-state index in [9.17, 15) is 0 Å². The van der Waals surface area contributed by atoms with Crippen LogP contribution < -0.4 is 10.1 Å². The average molecular weight is 287 g/mol. The van der Waals surface area contributed by atoms with E-state index in [1.54, 1.807) is 7.11 Å². The Labute approximate surface area is 129 Å². The Morgan fingerprint density at radius 1 is 1.19 bits per heavy atom. The van der Waals surface area contributed by atoms with Gasteiger partial charge in [-0.05, 0) is 68.2 Å². The molecule has 1 aromatic rings. The zero-order valence-corrected chi connectivity index (χ0v) is 13.9. The summed E-state index contributed by atoms with van der Waals surface area (Å²) < 4.78 is 5.73. The van der Waals surface area contributed by atoms with E-state index in [2.05, 4.69) is 38.2 Å². The molecule has 2 saturated carbocycles. The molecule has 2 fully saturated rings. The summed E-state index contributed by atoms with van der Waals surface area (Å²) in [5.41, 5.74) is 4.07. The summed E-state index contributed by atoms with van der Waals surface area (Å²) in [6.07, 6.45) is 5.73. The number of hydrogen-bond donors (Lipinski definition) is 1. The molecule has 0 aromatic heterocycles. The summed E-state index contributed by atoms with van der Waals surface area (Å²) in [5.74, 6) is 3.80. The van der Waals surface area contributed by atoms with Crippen LogP contribution in [0.1, 0.15) is 55.3 Å². The van der Waals surface area contributed by atoms with Gasteiger partial charge >= 0.3 is 0 Å². The van der Waals surface area contributed by atoms with Gasteiger partial charge in [-0.1, -0.05) is 25.8 Å². The van der Waals surface area contributed by atoms with Crippen LogP contribution in [0.3, 0.4) is 0 Å². The smallest absolute Gasteiger partial charge is 0.124 e. The third-order valence-corrected chi connectivity index (χ3v) is 5.56. The number of benzene rings is 1. The minimum absolute atomic E-state index is 0.471. The van der Waals surface area contributed by atoms with Crippen LogP contribution in [0.4, 0.5) is 0 Å². The molecule has 3 unspecified atom stereocenters. The SMILES string of the molecule is CCNC(c1c(C)cc(C)cc1OC)C1C2CCCCC21. The summed E-state index contributed by atoms with van der Waals surface area (Å²) >= 11 is 0. The van der Waals surface area contributed by atoms with Crippen molar-refractivity contribution in [1.29, 1.82) is 0 Å². The van der Waals surface area contributed by atoms with Crippen molar-refractivity contribution in [2.75, 3.05) is 13.7 Å². The Morgan fingerprint density at radius 2 is 1.86 bits per heavy atom. The lowest BCUT2D eigenvalue weighted by molar-refractivity contribution is 0.384. The second kappa shape index (κ2) is 6.00. The van der Waals surface area contributed by atoms with Gasteiger partial charge in [-0.3, -0.25) is 0 Å². The van der Waals surface area contributed by atoms with Crippen LogP contribution in [0.2, 0.25) is 0 Å². The minimum Gasteiger partial charge on any atom is -0.496 e. The lowest BCUT2D eigenvalue weighted by atomic mass is 9.93. The number of ether oxygens (including phenoxy) is 1. The maximum atomic E-state index is 5.73. The number of aryl methyl sites for hydroxylation is 2. The molecule has 0 spiro atoms. The molecular formula is C19H29NO. The highest BCUT2D eigenvalue weighted by atomic mass is 16.5. The van der Waals surface area contributed by atoms with Crippen LogP contribution in [-0.4, -0.2) is 13.7 Å². The van der Waals surface area contributed by atoms with Crippen molar-refractivity contribution in [3.8, 4) is 5.75 Å². The van der Waals surface area contributed by atoms with Gasteiger partial charge in [-0.25, -0.2) is 0 Å². The second-order valence-electron chi connectivity index (χ2n) is 6.92. The fourth-order valence-corrected chi connectivity index (χ4v) is 4.70. The van der Waals surface area contributed by atoms with Gasteiger partial charge in [-0.15, -0.1) is 0 Å². The molecule has 3 rings (SSSR count). The molecule has 0 saturated heterocycles. The van der Waals surface area contributed by atoms with Crippen molar-refractivity contribution in [3.63, 3.8) is 0 Å². The van der Waals surface area contributed by atoms with E-state index in [4.69, 9.17) is 4.74 Å². The van der Waals surface area contributed by atoms with Crippen molar-refractivity contribution in [2.24, 2.45) is 17.8 Å². The largest absolute Gasteiger partial charge is 0.496 e. The third-order valence-electron chi connectivity index (χ3n) is 5.56. The average Bonchev–Trinajstić information content (AvgIpc) is 3.19. The van der Waals surface area contributed by atoms with Gasteiger partial charge in [0.25, 0.3) is 0 Å². The lowest BCUT2D eigenvalue weighted by Crippen LogP contribution is -2.25. The molecule has 1 aromatic carbocycles. The summed E-state index contributed by atoms with van der Waals surface area (Å²) in [5, 5.41) is 3.77. The topological polar surface area (TPSA) is 21.3 Å². The number of nitrogens with one attached hydrogen (secondary N) is 1. The first kappa shape index (κ1) is 14.9. The predicted molar refractivity (Wildman–Crippen MR) is 87.8 cm³/mol. The standard InChI is InChI=1S/C19H29NO/c1-5-20-19(18-14-8-6-7-9-15(14)18)17-13(3)10-12(2)11-16(17)21-4/h10-11,14-15,18-20H,5-9H2,1-4H3. The minimum atomic E-state index is 0.471. The van der Waals surface area contributed by atoms with Crippen molar-refractivity contribution in [2.45, 2.75) is 52.5 Å². The zero-order valence-electron chi connectivity index (χ0n) is 13.9. The van der Waals surface area contributed by atoms with Crippen LogP contribution in [0.25, 0.3) is 0 Å². The number of rotatable bonds is 5. The first-order valence-corrected chi connectivity index (χ1v) is 8.55. The molecule has 0 heterocycles. The molecule has 0 radical (unpaired) electrons. The summed E-state index contributed by atoms with van der Waals surface area (Å²) in [6.45, 7) is 7.63. The molecule has 0 amide bonds. The number of fused-ring (bicyclic) bond motifs is 1. The number of methoxy groups -OCH3 is 1. The fraction of sp³-hybridized carbons (Fsp3) is 0.684. The summed E-state index contributed by atoms with van der Waals surface area (Å²) in [6, 6.07) is 4.96. The van der Waals surface area contributed by atoms with Crippen LogP contribution in [0.5, 0.6) is 5.75 Å². The van der Waals surface area contributed by atoms with E-state index in [0.29, 0.717) is 6.04 Å². The van der Waals surface area contributed by atoms with E-state index in [1.165, 1.54) is 42.4 Å². The Balaban J connectivity index is 1.94. The van der Waals surface area contributed by atoms with E-state index >= 15 is 0 Å². The number of hydrogen-bond acceptors (Lipinski definition) is 2. The highest BCUT2D eigenvalue weighted by Gasteiger charge is 2.54. The van der Waals surface area contributed by atoms with Gasteiger partial charge in [0.2, 0.25) is 0 Å².